The summed E-state index contributed by atoms with van der Waals surface area (Å²) in [6.45, 7) is 3.38. The Hall–Kier alpha value is -3.85. The van der Waals surface area contributed by atoms with Gasteiger partial charge in [0.1, 0.15) is 40.7 Å². The van der Waals surface area contributed by atoms with E-state index in [2.05, 4.69) is 23.0 Å². The molecular formula is C33H35F3N4O4. The lowest BCUT2D eigenvalue weighted by Crippen LogP contribution is -2.46. The molecule has 232 valence electrons. The van der Waals surface area contributed by atoms with Gasteiger partial charge in [0, 0.05) is 49.8 Å². The average Bonchev–Trinajstić information content (AvgIpc) is 3.00. The molecule has 1 aromatic carbocycles. The number of nitriles is 1. The Bertz CT molecular complexity index is 1490. The van der Waals surface area contributed by atoms with Crippen molar-refractivity contribution in [2.24, 2.45) is 11.7 Å². The number of aromatic nitrogens is 2. The number of carbonyl (C=O) groups excluding carboxylic acids is 1. The zero-order chi connectivity index (χ0) is 31.2. The van der Waals surface area contributed by atoms with Gasteiger partial charge in [0.05, 0.1) is 44.0 Å². The molecule has 0 unspecified atom stereocenters. The Morgan fingerprint density at radius 2 is 1.86 bits per heavy atom. The Morgan fingerprint density at radius 3 is 2.57 bits per heavy atom. The molecule has 5 rings (SSSR count). The largest absolute Gasteiger partial charge is 0.490 e. The summed E-state index contributed by atoms with van der Waals surface area (Å²) in [7, 11) is 0. The first-order chi connectivity index (χ1) is 21.2. The van der Waals surface area contributed by atoms with E-state index < -0.39 is 34.5 Å². The molecule has 0 bridgehead atoms. The SMILES string of the molecule is C[C@H]1C[C@@H](c2ccncc2CC(=O)c2ccc(F)c(-c3c(F)cc(OC4CCOCC4)cc3F)n2)C[C@@H](N)[C@H]1OCCC#N. The summed E-state index contributed by atoms with van der Waals surface area (Å²) < 4.78 is 62.1. The molecule has 11 heteroatoms. The van der Waals surface area contributed by atoms with E-state index in [1.165, 1.54) is 6.07 Å². The van der Waals surface area contributed by atoms with Gasteiger partial charge in [0.25, 0.3) is 0 Å². The Labute approximate surface area is 254 Å². The molecule has 3 heterocycles. The lowest BCUT2D eigenvalue weighted by Gasteiger charge is -2.39. The molecule has 1 saturated heterocycles. The van der Waals surface area contributed by atoms with E-state index in [-0.39, 0.29) is 47.9 Å². The molecule has 3 aromatic rings. The maximum Gasteiger partial charge on any atom is 0.185 e. The number of Topliss-reactive ketones (excluding diaryl/α,β-unsaturated/α-hetero) is 1. The van der Waals surface area contributed by atoms with Gasteiger partial charge in [-0.1, -0.05) is 6.92 Å². The number of nitrogens with two attached hydrogens (primary N) is 1. The molecule has 44 heavy (non-hydrogen) atoms. The summed E-state index contributed by atoms with van der Waals surface area (Å²) >= 11 is 0. The number of hydrogen-bond acceptors (Lipinski definition) is 8. The van der Waals surface area contributed by atoms with Crippen LogP contribution in [0.15, 0.2) is 42.7 Å². The van der Waals surface area contributed by atoms with Crippen LogP contribution in [0.3, 0.4) is 0 Å². The number of nitrogens with zero attached hydrogens (tertiary/aromatic N) is 3. The van der Waals surface area contributed by atoms with Crippen molar-refractivity contribution < 1.29 is 32.2 Å². The first-order valence-corrected chi connectivity index (χ1v) is 14.9. The van der Waals surface area contributed by atoms with Crippen molar-refractivity contribution in [2.45, 2.75) is 69.6 Å². The number of pyridine rings is 2. The minimum absolute atomic E-state index is 0.0100. The van der Waals surface area contributed by atoms with E-state index in [9.17, 15) is 9.18 Å². The van der Waals surface area contributed by atoms with Gasteiger partial charge in [-0.3, -0.25) is 9.78 Å². The quantitative estimate of drug-likeness (QED) is 0.231. The van der Waals surface area contributed by atoms with Gasteiger partial charge in [0.2, 0.25) is 0 Å². The van der Waals surface area contributed by atoms with Crippen molar-refractivity contribution in [1.29, 1.82) is 5.26 Å². The second-order valence-corrected chi connectivity index (χ2v) is 11.4. The summed E-state index contributed by atoms with van der Waals surface area (Å²) in [4.78, 5) is 21.7. The predicted octanol–water partition coefficient (Wildman–Crippen LogP) is 5.68. The molecule has 1 aliphatic heterocycles. The standard InChI is InChI=1S/C33H35F3N4O4/c1-19-13-20(14-28(38)33(19)43-10-2-8-37)24-5-9-39-18-21(24)15-30(41)29-4-3-25(34)32(40-29)31-26(35)16-23(17-27(31)36)44-22-6-11-42-12-7-22/h3-5,9,16-20,22,28,33H,2,6-7,10-15,38H2,1H3/t19-,20+,28+,33-/m0/s1. The smallest absolute Gasteiger partial charge is 0.185 e. The van der Waals surface area contributed by atoms with Crippen LogP contribution in [0.1, 0.15) is 66.6 Å². The third kappa shape index (κ3) is 7.26. The van der Waals surface area contributed by atoms with Crippen molar-refractivity contribution in [3.63, 3.8) is 0 Å². The Balaban J connectivity index is 1.33. The molecule has 2 aliphatic rings. The molecule has 0 spiro atoms. The molecule has 1 aliphatic carbocycles. The lowest BCUT2D eigenvalue weighted by molar-refractivity contribution is -0.0199. The van der Waals surface area contributed by atoms with Gasteiger partial charge in [-0.05, 0) is 54.0 Å². The monoisotopic (exact) mass is 608 g/mol. The highest BCUT2D eigenvalue weighted by Gasteiger charge is 2.36. The van der Waals surface area contributed by atoms with Gasteiger partial charge < -0.3 is 19.9 Å². The molecule has 2 N–H and O–H groups in total. The Kier molecular flexibility index (Phi) is 10.3. The van der Waals surface area contributed by atoms with Crippen molar-refractivity contribution in [1.82, 2.24) is 9.97 Å². The van der Waals surface area contributed by atoms with E-state index in [0.29, 0.717) is 51.1 Å². The van der Waals surface area contributed by atoms with Gasteiger partial charge in [0.15, 0.2) is 5.78 Å². The van der Waals surface area contributed by atoms with Crippen LogP contribution >= 0.6 is 0 Å². The Morgan fingerprint density at radius 1 is 1.11 bits per heavy atom. The van der Waals surface area contributed by atoms with Crippen molar-refractivity contribution >= 4 is 5.78 Å². The third-order valence-electron chi connectivity index (χ3n) is 8.31. The number of ketones is 1. The molecule has 2 aromatic heterocycles. The summed E-state index contributed by atoms with van der Waals surface area (Å²) in [5.41, 5.74) is 6.68. The normalized spacial score (nSPS) is 22.4. The van der Waals surface area contributed by atoms with Crippen LogP contribution < -0.4 is 10.5 Å². The van der Waals surface area contributed by atoms with Crippen LogP contribution in [0.5, 0.6) is 5.75 Å². The van der Waals surface area contributed by atoms with E-state index in [1.54, 1.807) is 12.4 Å². The summed E-state index contributed by atoms with van der Waals surface area (Å²) in [5.74, 6) is -3.35. The average molecular weight is 609 g/mol. The number of hydrogen-bond donors (Lipinski definition) is 1. The van der Waals surface area contributed by atoms with Crippen LogP contribution in [0.2, 0.25) is 0 Å². The molecular weight excluding hydrogens is 573 g/mol. The van der Waals surface area contributed by atoms with Gasteiger partial charge in [-0.15, -0.1) is 0 Å². The highest BCUT2D eigenvalue weighted by Crippen LogP contribution is 2.39. The molecule has 2 fully saturated rings. The highest BCUT2D eigenvalue weighted by atomic mass is 19.1. The first kappa shape index (κ1) is 31.6. The van der Waals surface area contributed by atoms with E-state index in [4.69, 9.17) is 25.2 Å². The minimum Gasteiger partial charge on any atom is -0.490 e. The number of carbonyl (C=O) groups is 1. The number of halogens is 3. The number of ether oxygens (including phenoxy) is 3. The van der Waals surface area contributed by atoms with E-state index >= 15 is 8.78 Å². The van der Waals surface area contributed by atoms with Crippen LogP contribution in [-0.2, 0) is 15.9 Å². The van der Waals surface area contributed by atoms with Gasteiger partial charge in [-0.25, -0.2) is 18.2 Å². The molecule has 8 nitrogen and oxygen atoms in total. The van der Waals surface area contributed by atoms with E-state index in [1.807, 2.05) is 6.07 Å². The zero-order valence-electron chi connectivity index (χ0n) is 24.5. The third-order valence-corrected chi connectivity index (χ3v) is 8.31. The molecule has 1 saturated carbocycles. The fraction of sp³-hybridized carbons (Fsp3) is 0.455. The van der Waals surface area contributed by atoms with E-state index in [0.717, 1.165) is 30.2 Å². The first-order valence-electron chi connectivity index (χ1n) is 14.9. The van der Waals surface area contributed by atoms with Crippen LogP contribution in [0, 0.1) is 34.7 Å². The maximum absolute atomic E-state index is 15.2. The maximum atomic E-state index is 15.2. The van der Waals surface area contributed by atoms with Crippen LogP contribution in [-0.4, -0.2) is 53.8 Å². The van der Waals surface area contributed by atoms with Gasteiger partial charge in [-0.2, -0.15) is 5.26 Å². The van der Waals surface area contributed by atoms with Crippen LogP contribution in [0.4, 0.5) is 13.2 Å². The molecule has 0 radical (unpaired) electrons. The van der Waals surface area contributed by atoms with Crippen molar-refractivity contribution in [3.05, 3.63) is 77.0 Å². The molecule has 0 amide bonds. The van der Waals surface area contributed by atoms with Crippen LogP contribution in [0.25, 0.3) is 11.3 Å². The highest BCUT2D eigenvalue weighted by molar-refractivity contribution is 5.96. The minimum atomic E-state index is -1.05. The second-order valence-electron chi connectivity index (χ2n) is 11.4. The number of rotatable bonds is 10. The summed E-state index contributed by atoms with van der Waals surface area (Å²) in [6, 6.07) is 7.88. The van der Waals surface area contributed by atoms with Crippen molar-refractivity contribution in [2.75, 3.05) is 19.8 Å². The fourth-order valence-corrected chi connectivity index (χ4v) is 6.20. The fourth-order valence-electron chi connectivity index (χ4n) is 6.20. The predicted molar refractivity (Wildman–Crippen MR) is 155 cm³/mol. The van der Waals surface area contributed by atoms with Crippen molar-refractivity contribution in [3.8, 4) is 23.1 Å². The van der Waals surface area contributed by atoms with Gasteiger partial charge >= 0.3 is 0 Å². The zero-order valence-corrected chi connectivity index (χ0v) is 24.5. The summed E-state index contributed by atoms with van der Waals surface area (Å²) in [6.07, 6.45) is 5.64. The lowest BCUT2D eigenvalue weighted by atomic mass is 9.73. The topological polar surface area (TPSA) is 120 Å². The number of benzene rings is 1. The summed E-state index contributed by atoms with van der Waals surface area (Å²) in [5, 5.41) is 8.82. The molecule has 4 atom stereocenters. The second kappa shape index (κ2) is 14.3.